The SMILES string of the molecule is O=P(Oc1ccccc1)(Oc1ccccc1)N1CC[C@H]2C[C@@H]1[C@@H](COCc1ccccc1)O2. The monoisotopic (exact) mass is 465 g/mol. The normalized spacial score (nSPS) is 22.7. The zero-order valence-electron chi connectivity index (χ0n) is 18.4. The third-order valence-corrected chi connectivity index (χ3v) is 8.01. The maximum absolute atomic E-state index is 14.3. The van der Waals surface area contributed by atoms with Crippen LogP contribution in [0.25, 0.3) is 0 Å². The van der Waals surface area contributed by atoms with E-state index in [0.29, 0.717) is 31.3 Å². The summed E-state index contributed by atoms with van der Waals surface area (Å²) in [5.74, 6) is 1.02. The summed E-state index contributed by atoms with van der Waals surface area (Å²) in [6.07, 6.45) is 1.48. The van der Waals surface area contributed by atoms with Crippen molar-refractivity contribution < 1.29 is 23.1 Å². The average molecular weight is 465 g/mol. The topological polar surface area (TPSA) is 57.2 Å². The molecule has 0 saturated carbocycles. The molecule has 7 heteroatoms. The van der Waals surface area contributed by atoms with Crippen molar-refractivity contribution in [3.05, 3.63) is 96.6 Å². The molecule has 3 atom stereocenters. The van der Waals surface area contributed by atoms with E-state index in [-0.39, 0.29) is 18.2 Å². The molecule has 5 rings (SSSR count). The van der Waals surface area contributed by atoms with Crippen molar-refractivity contribution in [1.82, 2.24) is 4.67 Å². The van der Waals surface area contributed by atoms with Crippen LogP contribution in [0.15, 0.2) is 91.0 Å². The van der Waals surface area contributed by atoms with Gasteiger partial charge in [-0.05, 0) is 42.7 Å². The molecule has 0 aromatic heterocycles. The number of fused-ring (bicyclic) bond motifs is 2. The molecular formula is C26H28NO5P. The molecule has 3 aromatic carbocycles. The number of piperidine rings is 1. The van der Waals surface area contributed by atoms with Crippen LogP contribution in [0.3, 0.4) is 0 Å². The van der Waals surface area contributed by atoms with Gasteiger partial charge in [-0.2, -0.15) is 4.67 Å². The van der Waals surface area contributed by atoms with Gasteiger partial charge >= 0.3 is 7.75 Å². The third kappa shape index (κ3) is 5.31. The first-order valence-corrected chi connectivity index (χ1v) is 12.8. The Morgan fingerprint density at radius 1 is 0.848 bits per heavy atom. The van der Waals surface area contributed by atoms with E-state index in [0.717, 1.165) is 18.4 Å². The molecule has 2 aliphatic heterocycles. The van der Waals surface area contributed by atoms with Crippen molar-refractivity contribution in [1.29, 1.82) is 0 Å². The quantitative estimate of drug-likeness (QED) is 0.378. The second-order valence-electron chi connectivity index (χ2n) is 8.33. The smallest absolute Gasteiger partial charge is 0.404 e. The van der Waals surface area contributed by atoms with E-state index in [1.807, 2.05) is 71.4 Å². The lowest BCUT2D eigenvalue weighted by molar-refractivity contribution is -0.0222. The standard InChI is InChI=1S/C26H28NO5P/c28-33(31-22-12-6-2-7-13-22,32-23-14-8-3-9-15-23)27-17-16-24-18-25(27)26(30-24)20-29-19-21-10-4-1-5-11-21/h1-15,24-26H,16-20H2/t24-,25+,26+/m0/s1. The molecule has 2 fully saturated rings. The Bertz CT molecular complexity index is 1020. The summed E-state index contributed by atoms with van der Waals surface area (Å²) in [5, 5.41) is 0. The summed E-state index contributed by atoms with van der Waals surface area (Å²) in [4.78, 5) is 0. The minimum absolute atomic E-state index is 0.113. The van der Waals surface area contributed by atoms with Gasteiger partial charge in [0, 0.05) is 6.54 Å². The molecule has 0 N–H and O–H groups in total. The van der Waals surface area contributed by atoms with E-state index in [4.69, 9.17) is 18.5 Å². The lowest BCUT2D eigenvalue weighted by atomic mass is 10.0. The number of nitrogens with zero attached hydrogens (tertiary/aromatic N) is 1. The zero-order valence-corrected chi connectivity index (χ0v) is 19.3. The second kappa shape index (κ2) is 10.1. The van der Waals surface area contributed by atoms with Gasteiger partial charge in [0.25, 0.3) is 0 Å². The molecule has 3 aromatic rings. The van der Waals surface area contributed by atoms with Crippen LogP contribution in [0.4, 0.5) is 0 Å². The van der Waals surface area contributed by atoms with Crippen LogP contribution >= 0.6 is 7.75 Å². The predicted octanol–water partition coefficient (Wildman–Crippen LogP) is 5.70. The van der Waals surface area contributed by atoms with Crippen molar-refractivity contribution in [3.8, 4) is 11.5 Å². The largest absolute Gasteiger partial charge is 0.515 e. The molecule has 172 valence electrons. The fourth-order valence-corrected chi connectivity index (χ4v) is 6.42. The zero-order chi connectivity index (χ0) is 22.5. The molecule has 0 amide bonds. The number of para-hydroxylation sites is 2. The van der Waals surface area contributed by atoms with Gasteiger partial charge in [0.15, 0.2) is 0 Å². The second-order valence-corrected chi connectivity index (χ2v) is 10.1. The maximum Gasteiger partial charge on any atom is 0.515 e. The van der Waals surface area contributed by atoms with Crippen molar-refractivity contribution in [3.63, 3.8) is 0 Å². The summed E-state index contributed by atoms with van der Waals surface area (Å²) in [6, 6.07) is 28.3. The van der Waals surface area contributed by atoms with E-state index in [2.05, 4.69) is 0 Å². The van der Waals surface area contributed by atoms with Crippen LogP contribution < -0.4 is 9.05 Å². The van der Waals surface area contributed by atoms with Crippen LogP contribution in [0.2, 0.25) is 0 Å². The summed E-state index contributed by atoms with van der Waals surface area (Å²) < 4.78 is 40.6. The fraction of sp³-hybridized carbons (Fsp3) is 0.308. The highest BCUT2D eigenvalue weighted by molar-refractivity contribution is 7.52. The third-order valence-electron chi connectivity index (χ3n) is 6.00. The van der Waals surface area contributed by atoms with Gasteiger partial charge in [-0.15, -0.1) is 0 Å². The van der Waals surface area contributed by atoms with Gasteiger partial charge in [0.05, 0.1) is 31.5 Å². The lowest BCUT2D eigenvalue weighted by Gasteiger charge is -2.37. The first-order valence-electron chi connectivity index (χ1n) is 11.3. The minimum atomic E-state index is -3.71. The van der Waals surface area contributed by atoms with E-state index in [9.17, 15) is 4.57 Å². The van der Waals surface area contributed by atoms with Gasteiger partial charge < -0.3 is 18.5 Å². The number of hydrogen-bond donors (Lipinski definition) is 0. The van der Waals surface area contributed by atoms with Gasteiger partial charge in [-0.3, -0.25) is 0 Å². The Balaban J connectivity index is 1.35. The van der Waals surface area contributed by atoms with E-state index < -0.39 is 7.75 Å². The van der Waals surface area contributed by atoms with Gasteiger partial charge in [-0.1, -0.05) is 66.7 Å². The molecule has 2 bridgehead atoms. The minimum Gasteiger partial charge on any atom is -0.404 e. The highest BCUT2D eigenvalue weighted by Gasteiger charge is 2.52. The van der Waals surface area contributed by atoms with Crippen molar-refractivity contribution in [2.75, 3.05) is 13.2 Å². The molecular weight excluding hydrogens is 437 g/mol. The first-order chi connectivity index (χ1) is 16.2. The lowest BCUT2D eigenvalue weighted by Crippen LogP contribution is -2.44. The number of hydrogen-bond acceptors (Lipinski definition) is 5. The average Bonchev–Trinajstić information content (AvgIpc) is 3.15. The van der Waals surface area contributed by atoms with E-state index >= 15 is 0 Å². The van der Waals surface area contributed by atoms with Crippen molar-refractivity contribution in [2.45, 2.75) is 37.7 Å². The van der Waals surface area contributed by atoms with Crippen LogP contribution in [0.5, 0.6) is 11.5 Å². The fourth-order valence-electron chi connectivity index (χ4n) is 4.43. The van der Waals surface area contributed by atoms with E-state index in [1.54, 1.807) is 24.3 Å². The predicted molar refractivity (Wildman–Crippen MR) is 126 cm³/mol. The molecule has 33 heavy (non-hydrogen) atoms. The van der Waals surface area contributed by atoms with Crippen LogP contribution in [-0.4, -0.2) is 36.1 Å². The maximum atomic E-state index is 14.3. The summed E-state index contributed by atoms with van der Waals surface area (Å²) in [5.41, 5.74) is 1.11. The highest BCUT2D eigenvalue weighted by Crippen LogP contribution is 2.56. The van der Waals surface area contributed by atoms with Crippen LogP contribution in [0, 0.1) is 0 Å². The number of rotatable bonds is 9. The number of benzene rings is 3. The molecule has 0 unspecified atom stereocenters. The number of ether oxygens (including phenoxy) is 2. The Morgan fingerprint density at radius 3 is 2.03 bits per heavy atom. The Hall–Kier alpha value is -2.63. The highest BCUT2D eigenvalue weighted by atomic mass is 31.2. The van der Waals surface area contributed by atoms with Crippen LogP contribution in [0.1, 0.15) is 18.4 Å². The van der Waals surface area contributed by atoms with E-state index in [1.165, 1.54) is 0 Å². The Morgan fingerprint density at radius 2 is 1.42 bits per heavy atom. The van der Waals surface area contributed by atoms with Gasteiger partial charge in [-0.25, -0.2) is 4.57 Å². The molecule has 2 saturated heterocycles. The Labute approximate surface area is 194 Å². The Kier molecular flexibility index (Phi) is 6.79. The molecule has 2 heterocycles. The molecule has 0 aliphatic carbocycles. The molecule has 0 spiro atoms. The van der Waals surface area contributed by atoms with Crippen molar-refractivity contribution >= 4 is 7.75 Å². The summed E-state index contributed by atoms with van der Waals surface area (Å²) in [7, 11) is -3.71. The molecule has 6 nitrogen and oxygen atoms in total. The first kappa shape index (κ1) is 22.2. The molecule has 2 aliphatic rings. The van der Waals surface area contributed by atoms with Gasteiger partial charge in [0.2, 0.25) is 0 Å². The van der Waals surface area contributed by atoms with Crippen LogP contribution in [-0.2, 0) is 20.6 Å². The summed E-state index contributed by atoms with van der Waals surface area (Å²) >= 11 is 0. The summed E-state index contributed by atoms with van der Waals surface area (Å²) in [6.45, 7) is 1.50. The molecule has 0 radical (unpaired) electrons. The van der Waals surface area contributed by atoms with Crippen molar-refractivity contribution in [2.24, 2.45) is 0 Å². The van der Waals surface area contributed by atoms with Gasteiger partial charge in [0.1, 0.15) is 11.5 Å².